The van der Waals surface area contributed by atoms with Crippen molar-refractivity contribution in [3.05, 3.63) is 52.1 Å². The lowest BCUT2D eigenvalue weighted by atomic mass is 9.90. The Labute approximate surface area is 166 Å². The summed E-state index contributed by atoms with van der Waals surface area (Å²) in [5.41, 5.74) is 14.7. The van der Waals surface area contributed by atoms with Crippen LogP contribution in [-0.4, -0.2) is 33.1 Å². The molecule has 6 heteroatoms. The van der Waals surface area contributed by atoms with E-state index >= 15 is 0 Å². The van der Waals surface area contributed by atoms with Crippen LogP contribution in [0.3, 0.4) is 0 Å². The number of hydrogen-bond donors (Lipinski definition) is 2. The molecule has 0 unspecified atom stereocenters. The van der Waals surface area contributed by atoms with E-state index in [1.165, 1.54) is 47.9 Å². The number of benzene rings is 1. The molecule has 4 rings (SSSR count). The minimum atomic E-state index is -0.346. The van der Waals surface area contributed by atoms with Crippen molar-refractivity contribution in [1.29, 1.82) is 0 Å². The third-order valence-electron chi connectivity index (χ3n) is 6.25. The first-order valence-electron chi connectivity index (χ1n) is 10.4. The lowest BCUT2D eigenvalue weighted by molar-refractivity contribution is 0.135. The minimum Gasteiger partial charge on any atom is -0.383 e. The molecule has 0 amide bonds. The van der Waals surface area contributed by atoms with Gasteiger partial charge < -0.3 is 11.5 Å². The maximum atomic E-state index is 12.1. The molecule has 1 aromatic carbocycles. The number of nitrogens with zero attached hydrogens (tertiary/aromatic N) is 3. The zero-order valence-corrected chi connectivity index (χ0v) is 16.7. The second-order valence-corrected chi connectivity index (χ2v) is 8.56. The Morgan fingerprint density at radius 3 is 2.54 bits per heavy atom. The van der Waals surface area contributed by atoms with Crippen LogP contribution in [0.25, 0.3) is 5.69 Å². The number of anilines is 1. The van der Waals surface area contributed by atoms with E-state index in [0.29, 0.717) is 12.1 Å². The largest absolute Gasteiger partial charge is 0.383 e. The summed E-state index contributed by atoms with van der Waals surface area (Å²) in [7, 11) is 0. The van der Waals surface area contributed by atoms with Crippen LogP contribution < -0.4 is 17.2 Å². The average Bonchev–Trinajstić information content (AvgIpc) is 3.47. The molecule has 2 aromatic rings. The van der Waals surface area contributed by atoms with E-state index in [9.17, 15) is 4.79 Å². The van der Waals surface area contributed by atoms with Gasteiger partial charge in [0.2, 0.25) is 0 Å². The molecule has 150 valence electrons. The summed E-state index contributed by atoms with van der Waals surface area (Å²) in [6, 6.07) is 8.90. The van der Waals surface area contributed by atoms with Gasteiger partial charge >= 0.3 is 5.69 Å². The van der Waals surface area contributed by atoms with Crippen LogP contribution in [0.2, 0.25) is 0 Å². The molecule has 1 aromatic heterocycles. The van der Waals surface area contributed by atoms with Gasteiger partial charge in [0.1, 0.15) is 5.82 Å². The Balaban J connectivity index is 1.53. The predicted molar refractivity (Wildman–Crippen MR) is 112 cm³/mol. The topological polar surface area (TPSA) is 90.2 Å². The standard InChI is InChI=1S/C22H31N5O/c1-15-12-20(27-11-10-21(24)25-22(27)28)7-4-17(15)14-26(13-16-2-3-16)19-8-5-18(23)6-9-19/h4,7,10-12,16,18-19H,2-3,5-6,8-9,13-14,23H2,1H3,(H2,24,25,28). The van der Waals surface area contributed by atoms with Crippen molar-refractivity contribution in [2.24, 2.45) is 11.7 Å². The predicted octanol–water partition coefficient (Wildman–Crippen LogP) is 2.61. The molecule has 2 aliphatic carbocycles. The summed E-state index contributed by atoms with van der Waals surface area (Å²) in [5, 5.41) is 0. The van der Waals surface area contributed by atoms with Gasteiger partial charge in [-0.05, 0) is 80.7 Å². The van der Waals surface area contributed by atoms with Gasteiger partial charge in [-0.1, -0.05) is 6.07 Å². The third kappa shape index (κ3) is 4.45. The Morgan fingerprint density at radius 1 is 1.14 bits per heavy atom. The van der Waals surface area contributed by atoms with Gasteiger partial charge in [0.05, 0.1) is 5.69 Å². The summed E-state index contributed by atoms with van der Waals surface area (Å²) in [6.45, 7) is 4.29. The van der Waals surface area contributed by atoms with Gasteiger partial charge in [0, 0.05) is 31.4 Å². The summed E-state index contributed by atoms with van der Waals surface area (Å²) >= 11 is 0. The van der Waals surface area contributed by atoms with Crippen LogP contribution in [-0.2, 0) is 6.54 Å². The fourth-order valence-corrected chi connectivity index (χ4v) is 4.28. The molecule has 1 heterocycles. The van der Waals surface area contributed by atoms with Crippen LogP contribution in [0.1, 0.15) is 49.7 Å². The number of nitrogen functional groups attached to an aromatic ring is 1. The van der Waals surface area contributed by atoms with Crippen molar-refractivity contribution >= 4 is 5.82 Å². The number of nitrogens with two attached hydrogens (primary N) is 2. The molecule has 6 nitrogen and oxygen atoms in total. The fraction of sp³-hybridized carbons (Fsp3) is 0.545. The van der Waals surface area contributed by atoms with Gasteiger partial charge in [-0.25, -0.2) is 4.79 Å². The highest BCUT2D eigenvalue weighted by Crippen LogP contribution is 2.33. The van der Waals surface area contributed by atoms with E-state index in [2.05, 4.69) is 28.9 Å². The molecular formula is C22H31N5O. The Bertz CT molecular complexity index is 881. The first-order chi connectivity index (χ1) is 13.5. The van der Waals surface area contributed by atoms with Gasteiger partial charge in [-0.2, -0.15) is 4.98 Å². The second kappa shape index (κ2) is 8.05. The smallest absolute Gasteiger partial charge is 0.354 e. The first-order valence-corrected chi connectivity index (χ1v) is 10.4. The lowest BCUT2D eigenvalue weighted by Crippen LogP contribution is -2.41. The monoisotopic (exact) mass is 381 g/mol. The summed E-state index contributed by atoms with van der Waals surface area (Å²) in [5.74, 6) is 1.12. The van der Waals surface area contributed by atoms with Crippen molar-refractivity contribution in [2.75, 3.05) is 12.3 Å². The molecule has 0 atom stereocenters. The zero-order valence-electron chi connectivity index (χ0n) is 16.7. The van der Waals surface area contributed by atoms with E-state index in [4.69, 9.17) is 11.5 Å². The van der Waals surface area contributed by atoms with E-state index in [0.717, 1.165) is 31.0 Å². The molecule has 4 N–H and O–H groups in total. The first kappa shape index (κ1) is 19.2. The third-order valence-corrected chi connectivity index (χ3v) is 6.25. The van der Waals surface area contributed by atoms with Crippen LogP contribution in [0.5, 0.6) is 0 Å². The highest BCUT2D eigenvalue weighted by Gasteiger charge is 2.30. The molecule has 0 bridgehead atoms. The summed E-state index contributed by atoms with van der Waals surface area (Å²) < 4.78 is 1.54. The van der Waals surface area contributed by atoms with Crippen molar-refractivity contribution < 1.29 is 0 Å². The highest BCUT2D eigenvalue weighted by molar-refractivity contribution is 5.41. The molecule has 0 saturated heterocycles. The SMILES string of the molecule is Cc1cc(-n2ccc(N)nc2=O)ccc1CN(CC1CC1)C1CCC(N)CC1. The zero-order chi connectivity index (χ0) is 19.7. The maximum absolute atomic E-state index is 12.1. The van der Waals surface area contributed by atoms with Crippen LogP contribution in [0, 0.1) is 12.8 Å². The van der Waals surface area contributed by atoms with Gasteiger partial charge in [-0.15, -0.1) is 0 Å². The molecule has 2 saturated carbocycles. The van der Waals surface area contributed by atoms with E-state index in [1.807, 2.05) is 6.07 Å². The normalized spacial score (nSPS) is 22.5. The average molecular weight is 382 g/mol. The van der Waals surface area contributed by atoms with Gasteiger partial charge in [0.25, 0.3) is 0 Å². The van der Waals surface area contributed by atoms with Crippen molar-refractivity contribution in [3.8, 4) is 5.69 Å². The van der Waals surface area contributed by atoms with Crippen molar-refractivity contribution in [2.45, 2.75) is 64.1 Å². The number of aryl methyl sites for hydroxylation is 1. The van der Waals surface area contributed by atoms with Crippen LogP contribution in [0.15, 0.2) is 35.3 Å². The second-order valence-electron chi connectivity index (χ2n) is 8.56. The Hall–Kier alpha value is -2.18. The molecule has 0 spiro atoms. The fourth-order valence-electron chi connectivity index (χ4n) is 4.28. The Morgan fingerprint density at radius 2 is 1.89 bits per heavy atom. The van der Waals surface area contributed by atoms with E-state index in [-0.39, 0.29) is 11.5 Å². The number of rotatable bonds is 6. The highest BCUT2D eigenvalue weighted by atomic mass is 16.1. The molecular weight excluding hydrogens is 350 g/mol. The van der Waals surface area contributed by atoms with E-state index in [1.54, 1.807) is 12.3 Å². The Kier molecular flexibility index (Phi) is 5.51. The number of aromatic nitrogens is 2. The van der Waals surface area contributed by atoms with Crippen LogP contribution in [0.4, 0.5) is 5.82 Å². The maximum Gasteiger partial charge on any atom is 0.354 e. The molecule has 2 fully saturated rings. The van der Waals surface area contributed by atoms with E-state index < -0.39 is 0 Å². The lowest BCUT2D eigenvalue weighted by Gasteiger charge is -2.36. The van der Waals surface area contributed by atoms with Gasteiger partial charge in [0.15, 0.2) is 0 Å². The van der Waals surface area contributed by atoms with Crippen molar-refractivity contribution in [3.63, 3.8) is 0 Å². The minimum absolute atomic E-state index is 0.248. The molecule has 2 aliphatic rings. The van der Waals surface area contributed by atoms with Gasteiger partial charge in [-0.3, -0.25) is 9.47 Å². The quantitative estimate of drug-likeness (QED) is 0.803. The van der Waals surface area contributed by atoms with Crippen molar-refractivity contribution in [1.82, 2.24) is 14.5 Å². The number of hydrogen-bond acceptors (Lipinski definition) is 5. The molecule has 28 heavy (non-hydrogen) atoms. The summed E-state index contributed by atoms with van der Waals surface area (Å²) in [6.07, 6.45) is 9.11. The molecule has 0 radical (unpaired) electrons. The summed E-state index contributed by atoms with van der Waals surface area (Å²) in [4.78, 5) is 18.6. The van der Waals surface area contributed by atoms with Crippen LogP contribution >= 0.6 is 0 Å². The molecule has 0 aliphatic heterocycles.